The van der Waals surface area contributed by atoms with Crippen LogP contribution in [0.4, 0.5) is 5.69 Å². The molecule has 0 saturated carbocycles. The molecule has 0 aromatic heterocycles. The molecule has 6 rings (SSSR count). The largest absolute Gasteiger partial charge is 0.507 e. The van der Waals surface area contributed by atoms with Gasteiger partial charge in [-0.1, -0.05) is 45.9 Å². The number of carbonyl (C=O) groups is 3. The number of carbonyl (C=O) groups excluding carboxylic acids is 3. The highest BCUT2D eigenvalue weighted by atomic mass is 16.7. The van der Waals surface area contributed by atoms with Crippen molar-refractivity contribution in [2.45, 2.75) is 85.6 Å². The van der Waals surface area contributed by atoms with Crippen molar-refractivity contribution in [3.8, 4) is 23.0 Å². The first-order valence-corrected chi connectivity index (χ1v) is 19.4. The Morgan fingerprint density at radius 2 is 1.64 bits per heavy atom. The second-order valence-electron chi connectivity index (χ2n) is 15.6. The molecule has 1 fully saturated rings. The molecular weight excluding hydrogens is 752 g/mol. The summed E-state index contributed by atoms with van der Waals surface area (Å²) in [5.74, 6) is -8.36. The third-order valence-electron chi connectivity index (χ3n) is 11.5. The summed E-state index contributed by atoms with van der Waals surface area (Å²) < 4.78 is 23.6. The van der Waals surface area contributed by atoms with Crippen LogP contribution in [-0.2, 0) is 23.8 Å². The summed E-state index contributed by atoms with van der Waals surface area (Å²) in [6.45, 7) is 14.9. The predicted molar refractivity (Wildman–Crippen MR) is 216 cm³/mol. The molecule has 58 heavy (non-hydrogen) atoms. The van der Waals surface area contributed by atoms with Gasteiger partial charge in [-0.15, -0.1) is 0 Å². The lowest BCUT2D eigenvalue weighted by Gasteiger charge is -2.38. The number of ketones is 1. The Bertz CT molecular complexity index is 2040. The molecule has 316 valence electrons. The summed E-state index contributed by atoms with van der Waals surface area (Å²) in [6, 6.07) is 0. The summed E-state index contributed by atoms with van der Waals surface area (Å²) in [5.41, 5.74) is -0.364. The number of methoxy groups -OCH3 is 1. The Hall–Kier alpha value is -5.16. The van der Waals surface area contributed by atoms with Gasteiger partial charge in [0.1, 0.15) is 23.4 Å². The molecule has 1 amide bonds. The number of nitrogens with zero attached hydrogens (tertiary/aromatic N) is 2. The molecule has 2 aromatic carbocycles. The highest BCUT2D eigenvalue weighted by molar-refractivity contribution is 6.23. The number of piperazine rings is 1. The predicted octanol–water partition coefficient (Wildman–Crippen LogP) is 3.99. The van der Waals surface area contributed by atoms with E-state index >= 15 is 0 Å². The molecule has 0 aliphatic carbocycles. The minimum Gasteiger partial charge on any atom is -0.507 e. The first kappa shape index (κ1) is 44.0. The lowest BCUT2D eigenvalue weighted by molar-refractivity contribution is -0.160. The van der Waals surface area contributed by atoms with Crippen LogP contribution in [0.5, 0.6) is 23.0 Å². The van der Waals surface area contributed by atoms with Crippen LogP contribution in [0.1, 0.15) is 70.0 Å². The van der Waals surface area contributed by atoms with Crippen LogP contribution in [0, 0.1) is 30.6 Å². The number of aliphatic hydroxyl groups excluding tert-OH is 2. The number of amides is 1. The van der Waals surface area contributed by atoms with Gasteiger partial charge in [0.15, 0.2) is 5.75 Å². The molecule has 9 atom stereocenters. The highest BCUT2D eigenvalue weighted by Crippen LogP contribution is 2.55. The molecule has 7 N–H and O–H groups in total. The smallest absolute Gasteiger partial charge is 0.312 e. The molecule has 16 heteroatoms. The van der Waals surface area contributed by atoms with E-state index in [9.17, 15) is 39.9 Å². The fraction of sp³-hybridized carbons (Fsp3) is 0.524. The van der Waals surface area contributed by atoms with Crippen LogP contribution in [0.3, 0.4) is 0 Å². The molecule has 16 nitrogen and oxygen atoms in total. The van der Waals surface area contributed by atoms with Gasteiger partial charge in [0, 0.05) is 87.3 Å². The van der Waals surface area contributed by atoms with E-state index in [-0.39, 0.29) is 44.5 Å². The third-order valence-corrected chi connectivity index (χ3v) is 11.5. The molecule has 0 unspecified atom stereocenters. The summed E-state index contributed by atoms with van der Waals surface area (Å²) in [7, 11) is 1.44. The molecule has 0 radical (unpaired) electrons. The van der Waals surface area contributed by atoms with Gasteiger partial charge in [-0.05, 0) is 19.9 Å². The Morgan fingerprint density at radius 3 is 2.28 bits per heavy atom. The maximum absolute atomic E-state index is 14.4. The Kier molecular flexibility index (Phi) is 13.5. The van der Waals surface area contributed by atoms with Crippen LogP contribution in [0.25, 0.3) is 10.8 Å². The second-order valence-corrected chi connectivity index (χ2v) is 15.6. The quantitative estimate of drug-likeness (QED) is 0.100. The number of fused-ring (bicyclic) bond motifs is 14. The molecular formula is C42H56N4O12. The third kappa shape index (κ3) is 8.51. The zero-order valence-corrected chi connectivity index (χ0v) is 34.4. The van der Waals surface area contributed by atoms with E-state index in [4.69, 9.17) is 18.9 Å². The van der Waals surface area contributed by atoms with Crippen molar-refractivity contribution in [1.82, 2.24) is 10.3 Å². The summed E-state index contributed by atoms with van der Waals surface area (Å²) in [5, 5.41) is 69.8. The number of hydrogen-bond donors (Lipinski definition) is 7. The summed E-state index contributed by atoms with van der Waals surface area (Å²) in [4.78, 5) is 40.4. The van der Waals surface area contributed by atoms with Gasteiger partial charge in [-0.2, -0.15) is 5.10 Å². The second kappa shape index (κ2) is 17.8. The Labute approximate surface area is 337 Å². The van der Waals surface area contributed by atoms with Gasteiger partial charge in [0.25, 0.3) is 11.7 Å². The highest BCUT2D eigenvalue weighted by Gasteiger charge is 2.50. The van der Waals surface area contributed by atoms with E-state index in [1.165, 1.54) is 59.4 Å². The zero-order valence-electron chi connectivity index (χ0n) is 34.4. The number of phenolic OH excluding ortho intramolecular Hbond substituents is 3. The number of ether oxygens (including phenoxy) is 4. The first-order valence-electron chi connectivity index (χ1n) is 19.4. The minimum absolute atomic E-state index is 0.0544. The van der Waals surface area contributed by atoms with E-state index in [1.807, 2.05) is 0 Å². The Morgan fingerprint density at radius 1 is 0.966 bits per heavy atom. The SMILES string of the molecule is CO[C@H]1/C=C\O[C@@]2(C)Oc3c(C)c(O)c4c(O)c(c(C=NN5CCNCC5)c(O)c4c3C2=O)NC(=O)/C(C)=C\C=C/[C@H](C)[C@H](O)[C@@H](C)[C@@H](O)[C@@H](C)[C@H](OC(C)=O)[C@@H]1C. The maximum atomic E-state index is 14.4. The lowest BCUT2D eigenvalue weighted by atomic mass is 9.78. The normalized spacial score (nSPS) is 32.1. The zero-order chi connectivity index (χ0) is 42.8. The monoisotopic (exact) mass is 808 g/mol. The van der Waals surface area contributed by atoms with Gasteiger partial charge in [-0.25, -0.2) is 0 Å². The van der Waals surface area contributed by atoms with Gasteiger partial charge in [0.05, 0.1) is 53.0 Å². The van der Waals surface area contributed by atoms with E-state index in [0.29, 0.717) is 26.2 Å². The van der Waals surface area contributed by atoms with Crippen LogP contribution in [0.15, 0.2) is 41.2 Å². The molecule has 2 aromatic rings. The van der Waals surface area contributed by atoms with Crippen LogP contribution < -0.4 is 15.4 Å². The summed E-state index contributed by atoms with van der Waals surface area (Å²) in [6.07, 6.45) is 4.83. The van der Waals surface area contributed by atoms with E-state index in [2.05, 4.69) is 15.7 Å². The molecule has 1 saturated heterocycles. The van der Waals surface area contributed by atoms with Crippen molar-refractivity contribution in [3.05, 3.63) is 52.8 Å². The maximum Gasteiger partial charge on any atom is 0.312 e. The molecule has 4 aliphatic heterocycles. The lowest BCUT2D eigenvalue weighted by Crippen LogP contribution is -2.46. The fourth-order valence-electron chi connectivity index (χ4n) is 7.78. The van der Waals surface area contributed by atoms with Crippen LogP contribution in [-0.4, -0.2) is 118 Å². The van der Waals surface area contributed by atoms with E-state index < -0.39 is 88.8 Å². The van der Waals surface area contributed by atoms with Crippen LogP contribution in [0.2, 0.25) is 0 Å². The number of nitrogens with one attached hydrogen (secondary N) is 2. The number of Topliss-reactive ketones (excluding diaryl/α,β-unsaturated/α-hetero) is 1. The van der Waals surface area contributed by atoms with Gasteiger partial charge in [-0.3, -0.25) is 19.4 Å². The number of hydrazone groups is 1. The van der Waals surface area contributed by atoms with Crippen LogP contribution >= 0.6 is 0 Å². The fourth-order valence-corrected chi connectivity index (χ4v) is 7.78. The van der Waals surface area contributed by atoms with Gasteiger partial charge >= 0.3 is 11.8 Å². The number of aliphatic hydroxyl groups is 2. The van der Waals surface area contributed by atoms with Crippen molar-refractivity contribution in [2.24, 2.45) is 28.8 Å². The Balaban J connectivity index is 1.71. The molecule has 4 heterocycles. The van der Waals surface area contributed by atoms with Crippen molar-refractivity contribution < 1.29 is 58.9 Å². The van der Waals surface area contributed by atoms with Crippen molar-refractivity contribution in [3.63, 3.8) is 0 Å². The topological polar surface area (TPSA) is 229 Å². The van der Waals surface area contributed by atoms with Gasteiger partial charge in [0.2, 0.25) is 0 Å². The summed E-state index contributed by atoms with van der Waals surface area (Å²) >= 11 is 0. The number of benzene rings is 2. The number of hydrogen-bond acceptors (Lipinski definition) is 15. The van der Waals surface area contributed by atoms with Gasteiger partial charge < -0.3 is 55.1 Å². The molecule has 5 bridgehead atoms. The van der Waals surface area contributed by atoms with Crippen molar-refractivity contribution in [2.75, 3.05) is 38.6 Å². The first-order chi connectivity index (χ1) is 27.3. The number of anilines is 1. The standard InChI is InChI=1S/C42H56N4O12/c1-20-11-10-12-21(2)41(54)45-32-27(19-44-46-16-14-43-15-17-46)36(51)29-30(37(32)52)35(50)25(6)39-31(29)40(53)42(8,58-39)56-18-13-28(55-9)22(3)38(57-26(7)47)24(5)34(49)23(4)33(20)48/h10-13,18-20,22-24,28,33-34,38,43,48-52H,14-17H2,1-9H3,(H,45,54)/b11-10-,18-13-,21-12-,44-19?/t20-,22+,23+,24+,28-,33-,34+,38+,42-/m0/s1. The average Bonchev–Trinajstić information content (AvgIpc) is 3.46. The number of rotatable bonds is 4. The number of allylic oxidation sites excluding steroid dienone is 2. The van der Waals surface area contributed by atoms with E-state index in [0.717, 1.165) is 0 Å². The minimum atomic E-state index is -2.04. The molecule has 0 spiro atoms. The number of aromatic hydroxyl groups is 3. The van der Waals surface area contributed by atoms with Crippen molar-refractivity contribution >= 4 is 40.3 Å². The average molecular weight is 809 g/mol. The molecule has 4 aliphatic rings. The number of phenols is 3. The number of esters is 1. The van der Waals surface area contributed by atoms with Crippen molar-refractivity contribution in [1.29, 1.82) is 0 Å². The van der Waals surface area contributed by atoms with E-state index in [1.54, 1.807) is 44.9 Å².